The highest BCUT2D eigenvalue weighted by Gasteiger charge is 2.15. The van der Waals surface area contributed by atoms with Gasteiger partial charge in [0, 0.05) is 38.2 Å². The van der Waals surface area contributed by atoms with Crippen molar-refractivity contribution in [1.29, 1.82) is 0 Å². The fraction of sp³-hybridized carbons (Fsp3) is 0.722. The Morgan fingerprint density at radius 1 is 0.474 bits per heavy atom. The Balaban J connectivity index is 2.03. The van der Waals surface area contributed by atoms with Crippen LogP contribution in [-0.4, -0.2) is 25.4 Å². The minimum absolute atomic E-state index is 0.0364. The van der Waals surface area contributed by atoms with Crippen LogP contribution >= 0.6 is 0 Å². The molecule has 0 atom stereocenters. The molecule has 0 heterocycles. The second kappa shape index (κ2) is 21.1. The minimum atomic E-state index is 0.0364. The average molecular weight is 523 g/mol. The monoisotopic (exact) mass is 522 g/mol. The first-order valence-corrected chi connectivity index (χ1v) is 15.5. The summed E-state index contributed by atoms with van der Waals surface area (Å²) in [6, 6.07) is 8.43. The lowest BCUT2D eigenvalue weighted by atomic mass is 9.99. The highest BCUT2D eigenvalue weighted by molar-refractivity contribution is 5.41. The lowest BCUT2D eigenvalue weighted by molar-refractivity contribution is 0.0131. The number of hydrogen-bond acceptors (Lipinski definition) is 2. The van der Waals surface area contributed by atoms with E-state index < -0.39 is 0 Å². The van der Waals surface area contributed by atoms with Crippen LogP contribution in [0.1, 0.15) is 154 Å². The van der Waals surface area contributed by atoms with Crippen molar-refractivity contribution < 1.29 is 9.47 Å². The summed E-state index contributed by atoms with van der Waals surface area (Å²) in [5.41, 5.74) is 2.27. The van der Waals surface area contributed by atoms with Crippen molar-refractivity contribution in [2.45, 2.75) is 154 Å². The highest BCUT2D eigenvalue weighted by Crippen LogP contribution is 2.19. The van der Waals surface area contributed by atoms with Gasteiger partial charge in [0.1, 0.15) is 0 Å². The molecule has 1 rings (SSSR count). The van der Waals surface area contributed by atoms with Crippen LogP contribution in [0.3, 0.4) is 0 Å². The van der Waals surface area contributed by atoms with Gasteiger partial charge in [0.2, 0.25) is 0 Å². The van der Waals surface area contributed by atoms with Gasteiger partial charge in [-0.05, 0) is 77.6 Å². The zero-order chi connectivity index (χ0) is 28.0. The van der Waals surface area contributed by atoms with Gasteiger partial charge in [-0.2, -0.15) is 0 Å². The molecule has 0 unspecified atom stereocenters. The highest BCUT2D eigenvalue weighted by atomic mass is 16.5. The summed E-state index contributed by atoms with van der Waals surface area (Å²) in [5, 5.41) is 0. The molecule has 0 amide bonds. The number of hydrogen-bond donors (Lipinski definition) is 0. The number of rotatable bonds is 20. The SMILES string of the molecule is COC(C)(C)CCCCCCCCCC#Cc1ccc(C#CCCCCCCCCCC(C)(C)OC)cc1. The van der Waals surface area contributed by atoms with Gasteiger partial charge in [0.05, 0.1) is 11.2 Å². The second-order valence-corrected chi connectivity index (χ2v) is 12.1. The maximum absolute atomic E-state index is 5.49. The summed E-state index contributed by atoms with van der Waals surface area (Å²) in [5.74, 6) is 13.3. The van der Waals surface area contributed by atoms with Gasteiger partial charge < -0.3 is 9.47 Å². The first-order valence-electron chi connectivity index (χ1n) is 15.5. The zero-order valence-electron chi connectivity index (χ0n) is 25.9. The molecule has 2 heteroatoms. The van der Waals surface area contributed by atoms with E-state index in [0.29, 0.717) is 0 Å². The normalized spacial score (nSPS) is 11.5. The molecule has 214 valence electrons. The summed E-state index contributed by atoms with van der Waals surface area (Å²) in [4.78, 5) is 0. The Hall–Kier alpha value is -1.74. The van der Waals surface area contributed by atoms with Crippen LogP contribution in [0.25, 0.3) is 0 Å². The molecule has 2 nitrogen and oxygen atoms in total. The van der Waals surface area contributed by atoms with E-state index in [1.54, 1.807) is 0 Å². The van der Waals surface area contributed by atoms with Gasteiger partial charge in [-0.15, -0.1) is 0 Å². The molecule has 0 saturated carbocycles. The molecule has 1 aromatic carbocycles. The van der Waals surface area contributed by atoms with Crippen molar-refractivity contribution in [2.24, 2.45) is 0 Å². The third-order valence-corrected chi connectivity index (χ3v) is 7.62. The molecule has 1 aromatic rings. The first-order chi connectivity index (χ1) is 18.3. The second-order valence-electron chi connectivity index (χ2n) is 12.1. The van der Waals surface area contributed by atoms with E-state index in [9.17, 15) is 0 Å². The van der Waals surface area contributed by atoms with Crippen LogP contribution in [0.5, 0.6) is 0 Å². The summed E-state index contributed by atoms with van der Waals surface area (Å²) in [6.45, 7) is 8.70. The average Bonchev–Trinajstić information content (AvgIpc) is 2.91. The number of ether oxygens (including phenoxy) is 2. The third-order valence-electron chi connectivity index (χ3n) is 7.62. The Bertz CT molecular complexity index is 755. The Morgan fingerprint density at radius 3 is 1.08 bits per heavy atom. The van der Waals surface area contributed by atoms with E-state index in [0.717, 1.165) is 36.8 Å². The predicted molar refractivity (Wildman–Crippen MR) is 165 cm³/mol. The van der Waals surface area contributed by atoms with Gasteiger partial charge >= 0.3 is 0 Å². The standard InChI is InChI=1S/C36H58O2/c1-35(2,37-5)31-23-19-15-11-7-9-13-17-21-25-33-27-29-34(30-28-33)26-22-18-14-10-8-12-16-20-24-32-36(3,4)38-6/h27-30H,7-20,23-24,31-32H2,1-6H3. The molecule has 0 spiro atoms. The molecule has 0 saturated heterocycles. The number of methoxy groups -OCH3 is 2. The molecule has 0 aliphatic carbocycles. The summed E-state index contributed by atoms with van der Waals surface area (Å²) >= 11 is 0. The zero-order valence-corrected chi connectivity index (χ0v) is 25.9. The predicted octanol–water partition coefficient (Wildman–Crippen LogP) is 10.3. The summed E-state index contributed by atoms with van der Waals surface area (Å²) < 4.78 is 11.0. The Morgan fingerprint density at radius 2 is 0.763 bits per heavy atom. The molecule has 0 aromatic heterocycles. The first kappa shape index (κ1) is 34.3. The van der Waals surface area contributed by atoms with E-state index in [-0.39, 0.29) is 11.2 Å². The van der Waals surface area contributed by atoms with Crippen LogP contribution < -0.4 is 0 Å². The molecular formula is C36H58O2. The topological polar surface area (TPSA) is 18.5 Å². The molecule has 38 heavy (non-hydrogen) atoms. The summed E-state index contributed by atoms with van der Waals surface area (Å²) in [6.07, 6.45) is 22.5. The Kier molecular flexibility index (Phi) is 19.1. The van der Waals surface area contributed by atoms with Crippen LogP contribution in [0.15, 0.2) is 24.3 Å². The largest absolute Gasteiger partial charge is 0.379 e. The van der Waals surface area contributed by atoms with Gasteiger partial charge in [-0.25, -0.2) is 0 Å². The number of unbranched alkanes of at least 4 members (excludes halogenated alkanes) is 14. The summed E-state index contributed by atoms with van der Waals surface area (Å²) in [7, 11) is 3.62. The smallest absolute Gasteiger partial charge is 0.0622 e. The molecule has 0 radical (unpaired) electrons. The molecule has 0 N–H and O–H groups in total. The maximum Gasteiger partial charge on any atom is 0.0622 e. The van der Waals surface area contributed by atoms with Crippen molar-refractivity contribution in [2.75, 3.05) is 14.2 Å². The van der Waals surface area contributed by atoms with E-state index in [2.05, 4.69) is 75.6 Å². The fourth-order valence-electron chi connectivity index (χ4n) is 4.47. The Labute approximate surface area is 237 Å². The van der Waals surface area contributed by atoms with E-state index in [1.807, 2.05) is 14.2 Å². The fourth-order valence-corrected chi connectivity index (χ4v) is 4.47. The molecular weight excluding hydrogens is 464 g/mol. The van der Waals surface area contributed by atoms with Crippen molar-refractivity contribution >= 4 is 0 Å². The maximum atomic E-state index is 5.49. The van der Waals surface area contributed by atoms with Crippen molar-refractivity contribution in [3.05, 3.63) is 35.4 Å². The van der Waals surface area contributed by atoms with E-state index in [1.165, 1.54) is 89.9 Å². The van der Waals surface area contributed by atoms with Crippen molar-refractivity contribution in [3.63, 3.8) is 0 Å². The third kappa shape index (κ3) is 19.3. The molecule has 0 bridgehead atoms. The van der Waals surface area contributed by atoms with Crippen LogP contribution in [-0.2, 0) is 9.47 Å². The van der Waals surface area contributed by atoms with Crippen LogP contribution in [0.4, 0.5) is 0 Å². The van der Waals surface area contributed by atoms with Crippen LogP contribution in [0, 0.1) is 23.7 Å². The van der Waals surface area contributed by atoms with E-state index >= 15 is 0 Å². The van der Waals surface area contributed by atoms with Gasteiger partial charge in [0.25, 0.3) is 0 Å². The quantitative estimate of drug-likeness (QED) is 0.125. The molecule has 0 fully saturated rings. The van der Waals surface area contributed by atoms with E-state index in [4.69, 9.17) is 9.47 Å². The van der Waals surface area contributed by atoms with Crippen LogP contribution in [0.2, 0.25) is 0 Å². The van der Waals surface area contributed by atoms with Gasteiger partial charge in [-0.1, -0.05) is 101 Å². The molecule has 0 aliphatic rings. The van der Waals surface area contributed by atoms with Gasteiger partial charge in [-0.3, -0.25) is 0 Å². The van der Waals surface area contributed by atoms with Crippen molar-refractivity contribution in [1.82, 2.24) is 0 Å². The lowest BCUT2D eigenvalue weighted by Gasteiger charge is -2.22. The van der Waals surface area contributed by atoms with Crippen molar-refractivity contribution in [3.8, 4) is 23.7 Å². The lowest BCUT2D eigenvalue weighted by Crippen LogP contribution is -2.21. The van der Waals surface area contributed by atoms with Gasteiger partial charge in [0.15, 0.2) is 0 Å². The molecule has 0 aliphatic heterocycles. The minimum Gasteiger partial charge on any atom is -0.379 e. The number of benzene rings is 1.